The summed E-state index contributed by atoms with van der Waals surface area (Å²) in [7, 11) is 1.78. The number of hydrogen-bond acceptors (Lipinski definition) is 1. The van der Waals surface area contributed by atoms with Gasteiger partial charge in [-0.3, -0.25) is 4.79 Å². The monoisotopic (exact) mass is 323 g/mol. The minimum absolute atomic E-state index is 0.190. The average Bonchev–Trinajstić information content (AvgIpc) is 2.57. The number of nitrogens with zero attached hydrogens (tertiary/aromatic N) is 1. The Hall–Kier alpha value is -0.790. The van der Waals surface area contributed by atoms with E-state index < -0.39 is 0 Å². The molecule has 0 aromatic heterocycles. The van der Waals surface area contributed by atoms with Crippen LogP contribution in [0.3, 0.4) is 0 Å². The molecule has 0 aliphatic heterocycles. The highest BCUT2D eigenvalue weighted by molar-refractivity contribution is 5.76. The lowest BCUT2D eigenvalue weighted by atomic mass is 10.0. The molecule has 0 atom stereocenters. The van der Waals surface area contributed by atoms with Crippen molar-refractivity contribution in [3.63, 3.8) is 0 Å². The van der Waals surface area contributed by atoms with E-state index in [0.29, 0.717) is 6.42 Å². The predicted octanol–water partition coefficient (Wildman–Crippen LogP) is 6.85. The third-order valence-electron chi connectivity index (χ3n) is 4.66. The van der Waals surface area contributed by atoms with Gasteiger partial charge in [0.25, 0.3) is 0 Å². The number of rotatable bonds is 17. The largest absolute Gasteiger partial charge is 0.323 e. The Kier molecular flexibility index (Phi) is 17.0. The molecule has 0 saturated carbocycles. The molecule has 0 aliphatic rings. The minimum atomic E-state index is 0.190. The summed E-state index contributed by atoms with van der Waals surface area (Å²) < 4.78 is 0. The van der Waals surface area contributed by atoms with Gasteiger partial charge in [-0.1, -0.05) is 103 Å². The Morgan fingerprint density at radius 3 is 1.43 bits per heavy atom. The van der Waals surface area contributed by atoms with Gasteiger partial charge < -0.3 is 4.90 Å². The second-order valence-corrected chi connectivity index (χ2v) is 6.89. The van der Waals surface area contributed by atoms with Crippen LogP contribution in [0.25, 0.3) is 0 Å². The van der Waals surface area contributed by atoms with Gasteiger partial charge in [0.2, 0.25) is 5.91 Å². The van der Waals surface area contributed by atoms with Crippen molar-refractivity contribution >= 4 is 5.91 Å². The smallest absolute Gasteiger partial charge is 0.226 e. The first kappa shape index (κ1) is 22.2. The standard InChI is InChI=1S/C21H41NO/c1-4-6-7-8-9-10-11-12-13-14-15-16-17-18-19-20-21(23)22(3)5-2/h5H,2,4,6-20H2,1,3H3. The topological polar surface area (TPSA) is 20.3 Å². The van der Waals surface area contributed by atoms with Crippen molar-refractivity contribution in [1.29, 1.82) is 0 Å². The number of carbonyl (C=O) groups excluding carboxylic acids is 1. The number of hydrogen-bond donors (Lipinski definition) is 0. The van der Waals surface area contributed by atoms with Crippen molar-refractivity contribution in [2.24, 2.45) is 0 Å². The molecule has 23 heavy (non-hydrogen) atoms. The van der Waals surface area contributed by atoms with Crippen LogP contribution < -0.4 is 0 Å². The number of amides is 1. The van der Waals surface area contributed by atoms with Crippen LogP contribution in [0.1, 0.15) is 110 Å². The van der Waals surface area contributed by atoms with E-state index in [2.05, 4.69) is 13.5 Å². The zero-order chi connectivity index (χ0) is 17.2. The van der Waals surface area contributed by atoms with Gasteiger partial charge in [0.1, 0.15) is 0 Å². The third-order valence-corrected chi connectivity index (χ3v) is 4.66. The fourth-order valence-corrected chi connectivity index (χ4v) is 2.93. The molecule has 136 valence electrons. The van der Waals surface area contributed by atoms with Crippen molar-refractivity contribution in [2.75, 3.05) is 7.05 Å². The van der Waals surface area contributed by atoms with E-state index in [4.69, 9.17) is 0 Å². The summed E-state index contributed by atoms with van der Waals surface area (Å²) in [5.74, 6) is 0.190. The van der Waals surface area contributed by atoms with Gasteiger partial charge in [0.15, 0.2) is 0 Å². The fourth-order valence-electron chi connectivity index (χ4n) is 2.93. The Labute approximate surface area is 145 Å². The zero-order valence-electron chi connectivity index (χ0n) is 16.0. The Balaban J connectivity index is 3.11. The van der Waals surface area contributed by atoms with E-state index in [0.717, 1.165) is 6.42 Å². The van der Waals surface area contributed by atoms with Gasteiger partial charge in [0.05, 0.1) is 0 Å². The van der Waals surface area contributed by atoms with Crippen molar-refractivity contribution in [1.82, 2.24) is 4.90 Å². The molecule has 0 radical (unpaired) electrons. The molecule has 2 heteroatoms. The summed E-state index contributed by atoms with van der Waals surface area (Å²) in [6.07, 6.45) is 22.7. The van der Waals surface area contributed by atoms with Crippen LogP contribution >= 0.6 is 0 Å². The fraction of sp³-hybridized carbons (Fsp3) is 0.857. The highest BCUT2D eigenvalue weighted by Gasteiger charge is 2.03. The third kappa shape index (κ3) is 15.9. The highest BCUT2D eigenvalue weighted by atomic mass is 16.2. The Bertz CT molecular complexity index is 275. The van der Waals surface area contributed by atoms with Gasteiger partial charge in [-0.15, -0.1) is 0 Å². The molecule has 2 nitrogen and oxygen atoms in total. The van der Waals surface area contributed by atoms with Crippen molar-refractivity contribution in [3.05, 3.63) is 12.8 Å². The maximum absolute atomic E-state index is 11.6. The molecule has 0 saturated heterocycles. The van der Waals surface area contributed by atoms with Crippen LogP contribution in [0, 0.1) is 0 Å². The normalized spacial score (nSPS) is 10.7. The SMILES string of the molecule is C=CN(C)C(=O)CCCCCCCCCCCCCCCCC. The zero-order valence-corrected chi connectivity index (χ0v) is 16.0. The van der Waals surface area contributed by atoms with Gasteiger partial charge in [-0.25, -0.2) is 0 Å². The summed E-state index contributed by atoms with van der Waals surface area (Å²) in [6, 6.07) is 0. The molecule has 0 fully saturated rings. The maximum atomic E-state index is 11.6. The van der Waals surface area contributed by atoms with Gasteiger partial charge in [-0.2, -0.15) is 0 Å². The summed E-state index contributed by atoms with van der Waals surface area (Å²) >= 11 is 0. The summed E-state index contributed by atoms with van der Waals surface area (Å²) in [4.78, 5) is 13.1. The molecule has 0 aromatic carbocycles. The Morgan fingerprint density at radius 2 is 1.09 bits per heavy atom. The molecule has 0 spiro atoms. The molecular weight excluding hydrogens is 282 g/mol. The first-order valence-electron chi connectivity index (χ1n) is 10.1. The van der Waals surface area contributed by atoms with E-state index >= 15 is 0 Å². The van der Waals surface area contributed by atoms with Crippen LogP contribution in [-0.4, -0.2) is 17.9 Å². The van der Waals surface area contributed by atoms with Gasteiger partial charge in [-0.05, 0) is 12.6 Å². The lowest BCUT2D eigenvalue weighted by Gasteiger charge is -2.10. The quantitative estimate of drug-likeness (QED) is 0.268. The lowest BCUT2D eigenvalue weighted by Crippen LogP contribution is -2.19. The second-order valence-electron chi connectivity index (χ2n) is 6.89. The molecule has 0 rings (SSSR count). The number of carbonyl (C=O) groups is 1. The molecule has 0 aromatic rings. The highest BCUT2D eigenvalue weighted by Crippen LogP contribution is 2.13. The predicted molar refractivity (Wildman–Crippen MR) is 103 cm³/mol. The van der Waals surface area contributed by atoms with E-state index in [1.807, 2.05) is 0 Å². The molecule has 1 amide bonds. The summed E-state index contributed by atoms with van der Waals surface area (Å²) in [6.45, 7) is 5.89. The molecular formula is C21H41NO. The van der Waals surface area contributed by atoms with Crippen molar-refractivity contribution in [2.45, 2.75) is 110 Å². The van der Waals surface area contributed by atoms with E-state index in [-0.39, 0.29) is 5.91 Å². The van der Waals surface area contributed by atoms with Crippen LogP contribution in [0.15, 0.2) is 12.8 Å². The molecule has 0 unspecified atom stereocenters. The van der Waals surface area contributed by atoms with Crippen molar-refractivity contribution in [3.8, 4) is 0 Å². The molecule has 0 N–H and O–H groups in total. The first-order valence-corrected chi connectivity index (χ1v) is 10.1. The van der Waals surface area contributed by atoms with E-state index in [1.165, 1.54) is 89.9 Å². The molecule has 0 heterocycles. The van der Waals surface area contributed by atoms with E-state index in [9.17, 15) is 4.79 Å². The maximum Gasteiger partial charge on any atom is 0.226 e. The van der Waals surface area contributed by atoms with E-state index in [1.54, 1.807) is 18.1 Å². The number of unbranched alkanes of at least 4 members (excludes halogenated alkanes) is 14. The Morgan fingerprint density at radius 1 is 0.739 bits per heavy atom. The minimum Gasteiger partial charge on any atom is -0.323 e. The van der Waals surface area contributed by atoms with Crippen LogP contribution in [0.5, 0.6) is 0 Å². The second kappa shape index (κ2) is 17.6. The van der Waals surface area contributed by atoms with Crippen LogP contribution in [-0.2, 0) is 4.79 Å². The summed E-state index contributed by atoms with van der Waals surface area (Å²) in [5, 5.41) is 0. The van der Waals surface area contributed by atoms with Gasteiger partial charge in [0, 0.05) is 13.5 Å². The molecule has 0 bridgehead atoms. The van der Waals surface area contributed by atoms with Gasteiger partial charge >= 0.3 is 0 Å². The van der Waals surface area contributed by atoms with Crippen LogP contribution in [0.4, 0.5) is 0 Å². The lowest BCUT2D eigenvalue weighted by molar-refractivity contribution is -0.127. The van der Waals surface area contributed by atoms with Crippen molar-refractivity contribution < 1.29 is 4.79 Å². The summed E-state index contributed by atoms with van der Waals surface area (Å²) in [5.41, 5.74) is 0. The van der Waals surface area contributed by atoms with Crippen LogP contribution in [0.2, 0.25) is 0 Å². The average molecular weight is 324 g/mol. The molecule has 0 aliphatic carbocycles. The first-order chi connectivity index (χ1) is 11.2.